The molecule has 2 saturated carbocycles. The first kappa shape index (κ1) is 16.3. The number of aliphatic carboxylic acids is 1. The predicted molar refractivity (Wildman–Crippen MR) is 80.6 cm³/mol. The summed E-state index contributed by atoms with van der Waals surface area (Å²) in [5, 5.41) is 8.88. The fourth-order valence-corrected chi connectivity index (χ4v) is 3.57. The highest BCUT2D eigenvalue weighted by molar-refractivity contribution is 5.81. The molecule has 0 spiro atoms. The van der Waals surface area contributed by atoms with Gasteiger partial charge >= 0.3 is 5.97 Å². The number of hydrogen-bond acceptors (Lipinski definition) is 3. The number of nitrogens with two attached hydrogens (primary N) is 1. The van der Waals surface area contributed by atoms with E-state index in [1.54, 1.807) is 0 Å². The van der Waals surface area contributed by atoms with E-state index in [-0.39, 0.29) is 35.7 Å². The lowest BCUT2D eigenvalue weighted by Crippen LogP contribution is -2.53. The number of carbonyl (C=O) groups is 2. The van der Waals surface area contributed by atoms with Crippen molar-refractivity contribution in [2.45, 2.75) is 65.0 Å². The highest BCUT2D eigenvalue weighted by atomic mass is 16.4. The van der Waals surface area contributed by atoms with E-state index in [9.17, 15) is 9.59 Å². The van der Waals surface area contributed by atoms with Crippen molar-refractivity contribution < 1.29 is 14.7 Å². The van der Waals surface area contributed by atoms with Crippen molar-refractivity contribution in [3.05, 3.63) is 0 Å². The molecule has 3 unspecified atom stereocenters. The topological polar surface area (TPSA) is 83.6 Å². The summed E-state index contributed by atoms with van der Waals surface area (Å²) in [6.07, 6.45) is 3.73. The van der Waals surface area contributed by atoms with Crippen LogP contribution in [0.2, 0.25) is 0 Å². The maximum Gasteiger partial charge on any atom is 0.305 e. The van der Waals surface area contributed by atoms with Crippen LogP contribution in [-0.4, -0.2) is 40.5 Å². The highest BCUT2D eigenvalue weighted by Gasteiger charge is 2.47. The Kier molecular flexibility index (Phi) is 4.61. The molecule has 1 amide bonds. The molecule has 0 aromatic rings. The summed E-state index contributed by atoms with van der Waals surface area (Å²) in [5.74, 6) is -0.448. The first-order chi connectivity index (χ1) is 9.75. The van der Waals surface area contributed by atoms with E-state index in [0.29, 0.717) is 12.5 Å². The van der Waals surface area contributed by atoms with Crippen LogP contribution in [-0.2, 0) is 9.59 Å². The Balaban J connectivity index is 2.10. The van der Waals surface area contributed by atoms with Crippen molar-refractivity contribution in [3.8, 4) is 0 Å². The summed E-state index contributed by atoms with van der Waals surface area (Å²) in [6, 6.07) is 0.413. The lowest BCUT2D eigenvalue weighted by molar-refractivity contribution is -0.145. The van der Waals surface area contributed by atoms with Gasteiger partial charge < -0.3 is 15.7 Å². The first-order valence-corrected chi connectivity index (χ1v) is 8.03. The third-order valence-corrected chi connectivity index (χ3v) is 5.64. The van der Waals surface area contributed by atoms with Crippen LogP contribution in [0.25, 0.3) is 0 Å². The minimum Gasteiger partial charge on any atom is -0.481 e. The van der Waals surface area contributed by atoms with Gasteiger partial charge in [0.2, 0.25) is 5.91 Å². The third kappa shape index (κ3) is 3.39. The number of carbonyl (C=O) groups excluding carboxylic acids is 1. The maximum atomic E-state index is 13.0. The van der Waals surface area contributed by atoms with Gasteiger partial charge in [-0.25, -0.2) is 0 Å². The second-order valence-corrected chi connectivity index (χ2v) is 7.31. The quantitative estimate of drug-likeness (QED) is 0.811. The minimum absolute atomic E-state index is 0.0322. The summed E-state index contributed by atoms with van der Waals surface area (Å²) in [7, 11) is 0. The molecule has 2 aliphatic carbocycles. The molecule has 5 nitrogen and oxygen atoms in total. The van der Waals surface area contributed by atoms with Crippen LogP contribution in [0.5, 0.6) is 0 Å². The molecule has 0 heterocycles. The van der Waals surface area contributed by atoms with Crippen molar-refractivity contribution in [1.29, 1.82) is 0 Å². The molecule has 0 radical (unpaired) electrons. The van der Waals surface area contributed by atoms with E-state index in [1.807, 2.05) is 4.90 Å². The molecule has 0 saturated heterocycles. The number of nitrogens with zero attached hydrogens (tertiary/aromatic N) is 1. The van der Waals surface area contributed by atoms with Crippen LogP contribution in [0.3, 0.4) is 0 Å². The van der Waals surface area contributed by atoms with Crippen molar-refractivity contribution in [2.24, 2.45) is 23.0 Å². The molecule has 120 valence electrons. The second kappa shape index (κ2) is 5.95. The Morgan fingerprint density at radius 1 is 1.24 bits per heavy atom. The standard InChI is InChI=1S/C16H28N2O3/c1-10-13(17)7-6-12(16(10,2)3)15(21)18(11-4-5-11)9-8-14(19)20/h10-13H,4-9,17H2,1-3H3,(H,19,20). The molecule has 0 aromatic carbocycles. The summed E-state index contributed by atoms with van der Waals surface area (Å²) in [5.41, 5.74) is 6.03. The molecule has 3 N–H and O–H groups in total. The lowest BCUT2D eigenvalue weighted by atomic mass is 9.60. The first-order valence-electron chi connectivity index (χ1n) is 8.03. The molecule has 5 heteroatoms. The van der Waals surface area contributed by atoms with E-state index < -0.39 is 5.97 Å². The summed E-state index contributed by atoms with van der Waals surface area (Å²) in [4.78, 5) is 25.6. The minimum atomic E-state index is -0.841. The Morgan fingerprint density at radius 2 is 1.86 bits per heavy atom. The summed E-state index contributed by atoms with van der Waals surface area (Å²) < 4.78 is 0. The van der Waals surface area contributed by atoms with E-state index in [4.69, 9.17) is 10.8 Å². The van der Waals surface area contributed by atoms with Gasteiger partial charge in [0.05, 0.1) is 6.42 Å². The zero-order chi connectivity index (χ0) is 15.8. The van der Waals surface area contributed by atoms with Gasteiger partial charge in [0.15, 0.2) is 0 Å². The highest BCUT2D eigenvalue weighted by Crippen LogP contribution is 2.46. The van der Waals surface area contributed by atoms with Crippen molar-refractivity contribution >= 4 is 11.9 Å². The molecule has 0 aliphatic heterocycles. The Hall–Kier alpha value is -1.10. The van der Waals surface area contributed by atoms with Gasteiger partial charge in [0.25, 0.3) is 0 Å². The molecule has 2 rings (SSSR count). The van der Waals surface area contributed by atoms with Gasteiger partial charge in [-0.2, -0.15) is 0 Å². The number of amides is 1. The number of carboxylic acid groups (broad SMARTS) is 1. The molecule has 2 aliphatic rings. The largest absolute Gasteiger partial charge is 0.481 e. The smallest absolute Gasteiger partial charge is 0.305 e. The fourth-order valence-electron chi connectivity index (χ4n) is 3.57. The maximum absolute atomic E-state index is 13.0. The lowest BCUT2D eigenvalue weighted by Gasteiger charge is -2.47. The van der Waals surface area contributed by atoms with E-state index in [1.165, 1.54) is 0 Å². The Labute approximate surface area is 126 Å². The van der Waals surface area contributed by atoms with Crippen LogP contribution in [0.4, 0.5) is 0 Å². The summed E-state index contributed by atoms with van der Waals surface area (Å²) in [6.45, 7) is 6.72. The van der Waals surface area contributed by atoms with Gasteiger partial charge in [0, 0.05) is 24.5 Å². The number of rotatable bonds is 5. The predicted octanol–water partition coefficient (Wildman–Crippen LogP) is 1.85. The zero-order valence-electron chi connectivity index (χ0n) is 13.3. The van der Waals surface area contributed by atoms with Gasteiger partial charge in [-0.15, -0.1) is 0 Å². The zero-order valence-corrected chi connectivity index (χ0v) is 13.3. The van der Waals surface area contributed by atoms with Gasteiger partial charge in [-0.1, -0.05) is 20.8 Å². The monoisotopic (exact) mass is 296 g/mol. The third-order valence-electron chi connectivity index (χ3n) is 5.64. The number of carboxylic acids is 1. The Morgan fingerprint density at radius 3 is 2.38 bits per heavy atom. The van der Waals surface area contributed by atoms with E-state index >= 15 is 0 Å². The molecule has 21 heavy (non-hydrogen) atoms. The molecular formula is C16H28N2O3. The average Bonchev–Trinajstić information content (AvgIpc) is 3.20. The van der Waals surface area contributed by atoms with E-state index in [2.05, 4.69) is 20.8 Å². The second-order valence-electron chi connectivity index (χ2n) is 7.31. The van der Waals surface area contributed by atoms with Crippen molar-refractivity contribution in [3.63, 3.8) is 0 Å². The SMILES string of the molecule is CC1C(N)CCC(C(=O)N(CCC(=O)O)C2CC2)C1(C)C. The average molecular weight is 296 g/mol. The van der Waals surface area contributed by atoms with Crippen LogP contribution in [0, 0.1) is 17.3 Å². The van der Waals surface area contributed by atoms with Gasteiger partial charge in [-0.05, 0) is 37.0 Å². The van der Waals surface area contributed by atoms with Crippen LogP contribution >= 0.6 is 0 Å². The van der Waals surface area contributed by atoms with Crippen LogP contribution < -0.4 is 5.73 Å². The number of hydrogen-bond donors (Lipinski definition) is 2. The Bertz CT molecular complexity index is 418. The van der Waals surface area contributed by atoms with Crippen molar-refractivity contribution in [1.82, 2.24) is 4.90 Å². The van der Waals surface area contributed by atoms with Crippen molar-refractivity contribution in [2.75, 3.05) is 6.54 Å². The van der Waals surface area contributed by atoms with Crippen LogP contribution in [0.15, 0.2) is 0 Å². The fraction of sp³-hybridized carbons (Fsp3) is 0.875. The van der Waals surface area contributed by atoms with E-state index in [0.717, 1.165) is 25.7 Å². The molecule has 3 atom stereocenters. The van der Waals surface area contributed by atoms with Crippen LogP contribution in [0.1, 0.15) is 52.9 Å². The molecule has 2 fully saturated rings. The summed E-state index contributed by atoms with van der Waals surface area (Å²) >= 11 is 0. The molecule has 0 bridgehead atoms. The van der Waals surface area contributed by atoms with Gasteiger partial charge in [0.1, 0.15) is 0 Å². The molecular weight excluding hydrogens is 268 g/mol. The normalized spacial score (nSPS) is 31.7. The molecule has 0 aromatic heterocycles. The van der Waals surface area contributed by atoms with Gasteiger partial charge in [-0.3, -0.25) is 9.59 Å².